The SMILES string of the molecule is COCCNCc1c(NC(=O)c2ccccc2)on[n+]1C(C)C. The highest BCUT2D eigenvalue weighted by Crippen LogP contribution is 2.14. The number of methoxy groups -OCH3 is 1. The number of nitrogens with zero attached hydrogens (tertiary/aromatic N) is 2. The first-order chi connectivity index (χ1) is 11.1. The molecule has 2 N–H and O–H groups in total. The molecule has 0 fully saturated rings. The topological polar surface area (TPSA) is 80.3 Å². The highest BCUT2D eigenvalue weighted by atomic mass is 16.5. The van der Waals surface area contributed by atoms with Gasteiger partial charge in [-0.15, -0.1) is 0 Å². The number of hydrogen-bond acceptors (Lipinski definition) is 5. The summed E-state index contributed by atoms with van der Waals surface area (Å²) in [5.41, 5.74) is 1.36. The van der Waals surface area contributed by atoms with Gasteiger partial charge in [0.15, 0.2) is 6.04 Å². The predicted octanol–water partition coefficient (Wildman–Crippen LogP) is 1.53. The maximum Gasteiger partial charge on any atom is 0.307 e. The number of carbonyl (C=O) groups excluding carboxylic acids is 1. The van der Waals surface area contributed by atoms with Crippen molar-refractivity contribution < 1.29 is 18.7 Å². The summed E-state index contributed by atoms with van der Waals surface area (Å²) in [6.07, 6.45) is 0. The first kappa shape index (κ1) is 17.1. The van der Waals surface area contributed by atoms with Gasteiger partial charge in [0, 0.05) is 33.1 Å². The molecule has 0 unspecified atom stereocenters. The minimum Gasteiger partial charge on any atom is -0.383 e. The third kappa shape index (κ3) is 4.61. The van der Waals surface area contributed by atoms with Gasteiger partial charge in [0.2, 0.25) is 5.27 Å². The van der Waals surface area contributed by atoms with E-state index in [1.165, 1.54) is 0 Å². The molecule has 1 amide bonds. The highest BCUT2D eigenvalue weighted by Gasteiger charge is 2.28. The molecule has 0 aliphatic heterocycles. The molecule has 0 aliphatic carbocycles. The van der Waals surface area contributed by atoms with Crippen molar-refractivity contribution in [3.05, 3.63) is 41.6 Å². The molecular weight excluding hydrogens is 296 g/mol. The summed E-state index contributed by atoms with van der Waals surface area (Å²) in [6, 6.07) is 9.12. The molecule has 0 atom stereocenters. The first-order valence-corrected chi connectivity index (χ1v) is 7.60. The van der Waals surface area contributed by atoms with Gasteiger partial charge in [0.05, 0.1) is 13.2 Å². The van der Waals surface area contributed by atoms with Gasteiger partial charge < -0.3 is 10.1 Å². The largest absolute Gasteiger partial charge is 0.383 e. The van der Waals surface area contributed by atoms with Crippen molar-refractivity contribution >= 4 is 11.8 Å². The Morgan fingerprint density at radius 3 is 2.74 bits per heavy atom. The van der Waals surface area contributed by atoms with Crippen LogP contribution in [0.15, 0.2) is 34.9 Å². The van der Waals surface area contributed by atoms with E-state index in [0.29, 0.717) is 31.1 Å². The van der Waals surface area contributed by atoms with E-state index in [1.54, 1.807) is 23.9 Å². The van der Waals surface area contributed by atoms with Crippen molar-refractivity contribution in [1.29, 1.82) is 0 Å². The second kappa shape index (κ2) is 8.40. The lowest BCUT2D eigenvalue weighted by Gasteiger charge is -2.04. The van der Waals surface area contributed by atoms with Crippen LogP contribution in [0.25, 0.3) is 0 Å². The third-order valence-corrected chi connectivity index (χ3v) is 3.29. The smallest absolute Gasteiger partial charge is 0.307 e. The van der Waals surface area contributed by atoms with Gasteiger partial charge >= 0.3 is 5.88 Å². The average molecular weight is 319 g/mol. The Balaban J connectivity index is 2.12. The molecule has 124 valence electrons. The van der Waals surface area contributed by atoms with Crippen LogP contribution in [0.2, 0.25) is 0 Å². The summed E-state index contributed by atoms with van der Waals surface area (Å²) in [5.74, 6) is 0.133. The zero-order valence-electron chi connectivity index (χ0n) is 13.7. The van der Waals surface area contributed by atoms with Gasteiger partial charge in [-0.1, -0.05) is 18.2 Å². The summed E-state index contributed by atoms with van der Waals surface area (Å²) in [7, 11) is 1.65. The fourth-order valence-corrected chi connectivity index (χ4v) is 2.10. The van der Waals surface area contributed by atoms with E-state index in [2.05, 4.69) is 15.9 Å². The maximum atomic E-state index is 12.3. The Labute approximate surface area is 135 Å². The summed E-state index contributed by atoms with van der Waals surface area (Å²) in [6.45, 7) is 5.84. The van der Waals surface area contributed by atoms with Crippen LogP contribution in [-0.4, -0.2) is 31.4 Å². The molecule has 1 aromatic heterocycles. The summed E-state index contributed by atoms with van der Waals surface area (Å²) in [4.78, 5) is 12.3. The normalized spacial score (nSPS) is 11.0. The molecule has 23 heavy (non-hydrogen) atoms. The van der Waals surface area contributed by atoms with Gasteiger partial charge in [-0.05, 0) is 16.8 Å². The van der Waals surface area contributed by atoms with Crippen molar-refractivity contribution in [2.24, 2.45) is 0 Å². The highest BCUT2D eigenvalue weighted by molar-refractivity contribution is 6.03. The lowest BCUT2D eigenvalue weighted by Crippen LogP contribution is -2.43. The monoisotopic (exact) mass is 319 g/mol. The number of amides is 1. The Kier molecular flexibility index (Phi) is 6.25. The number of aromatic nitrogens is 2. The van der Waals surface area contributed by atoms with E-state index in [1.807, 2.05) is 32.0 Å². The van der Waals surface area contributed by atoms with Crippen LogP contribution >= 0.6 is 0 Å². The molecule has 0 saturated carbocycles. The van der Waals surface area contributed by atoms with Crippen LogP contribution < -0.4 is 15.3 Å². The molecule has 2 aromatic rings. The minimum atomic E-state index is -0.226. The number of carbonyl (C=O) groups is 1. The third-order valence-electron chi connectivity index (χ3n) is 3.29. The number of rotatable bonds is 8. The Hall–Kier alpha value is -2.25. The number of anilines is 1. The second-order valence-electron chi connectivity index (χ2n) is 5.38. The van der Waals surface area contributed by atoms with Crippen molar-refractivity contribution in [3.63, 3.8) is 0 Å². The van der Waals surface area contributed by atoms with Gasteiger partial charge in [-0.3, -0.25) is 14.6 Å². The van der Waals surface area contributed by atoms with E-state index >= 15 is 0 Å². The van der Waals surface area contributed by atoms with E-state index in [-0.39, 0.29) is 11.9 Å². The average Bonchev–Trinajstić information content (AvgIpc) is 2.95. The van der Waals surface area contributed by atoms with Gasteiger partial charge in [0.25, 0.3) is 11.6 Å². The molecule has 0 radical (unpaired) electrons. The minimum absolute atomic E-state index is 0.125. The van der Waals surface area contributed by atoms with E-state index < -0.39 is 0 Å². The van der Waals surface area contributed by atoms with Crippen molar-refractivity contribution in [2.75, 3.05) is 25.6 Å². The lowest BCUT2D eigenvalue weighted by atomic mass is 10.2. The molecule has 2 rings (SSSR count). The number of nitrogens with one attached hydrogen (secondary N) is 2. The quantitative estimate of drug-likeness (QED) is 0.570. The number of ether oxygens (including phenoxy) is 1. The van der Waals surface area contributed by atoms with Gasteiger partial charge in [0.1, 0.15) is 0 Å². The Morgan fingerprint density at radius 2 is 2.09 bits per heavy atom. The Bertz CT molecular complexity index is 626. The van der Waals surface area contributed by atoms with Gasteiger partial charge in [-0.25, -0.2) is 0 Å². The lowest BCUT2D eigenvalue weighted by molar-refractivity contribution is -0.785. The van der Waals surface area contributed by atoms with Crippen LogP contribution in [-0.2, 0) is 11.3 Å². The molecule has 1 heterocycles. The van der Waals surface area contributed by atoms with E-state index in [4.69, 9.17) is 9.26 Å². The molecule has 0 saturated heterocycles. The molecular formula is C16H23N4O3+. The molecule has 7 heteroatoms. The van der Waals surface area contributed by atoms with Crippen LogP contribution in [0, 0.1) is 0 Å². The van der Waals surface area contributed by atoms with Crippen molar-refractivity contribution in [2.45, 2.75) is 26.4 Å². The summed E-state index contributed by atoms with van der Waals surface area (Å²) < 4.78 is 12.1. The van der Waals surface area contributed by atoms with Crippen molar-refractivity contribution in [3.8, 4) is 0 Å². The summed E-state index contributed by atoms with van der Waals surface area (Å²) >= 11 is 0. The zero-order chi connectivity index (χ0) is 16.7. The van der Waals surface area contributed by atoms with Crippen LogP contribution in [0.4, 0.5) is 5.88 Å². The number of hydrogen-bond donors (Lipinski definition) is 2. The van der Waals surface area contributed by atoms with Crippen LogP contribution in [0.1, 0.15) is 35.9 Å². The second-order valence-corrected chi connectivity index (χ2v) is 5.38. The fraction of sp³-hybridized carbons (Fsp3) is 0.438. The van der Waals surface area contributed by atoms with Gasteiger partial charge in [-0.2, -0.15) is 0 Å². The molecule has 7 nitrogen and oxygen atoms in total. The van der Waals surface area contributed by atoms with Crippen LogP contribution in [0.5, 0.6) is 0 Å². The van der Waals surface area contributed by atoms with E-state index in [0.717, 1.165) is 5.69 Å². The first-order valence-electron chi connectivity index (χ1n) is 7.60. The molecule has 0 aliphatic rings. The van der Waals surface area contributed by atoms with E-state index in [9.17, 15) is 4.79 Å². The molecule has 0 bridgehead atoms. The zero-order valence-corrected chi connectivity index (χ0v) is 13.7. The van der Waals surface area contributed by atoms with Crippen molar-refractivity contribution in [1.82, 2.24) is 10.6 Å². The Morgan fingerprint density at radius 1 is 1.35 bits per heavy atom. The summed E-state index contributed by atoms with van der Waals surface area (Å²) in [5, 5.41) is 10.0. The molecule has 1 aromatic carbocycles. The number of benzene rings is 1. The predicted molar refractivity (Wildman–Crippen MR) is 85.1 cm³/mol. The maximum absolute atomic E-state index is 12.3. The van der Waals surface area contributed by atoms with Crippen LogP contribution in [0.3, 0.4) is 0 Å². The standard InChI is InChI=1S/C16H22N4O3/c1-12(2)20-14(11-17-9-10-22-3)16(23-19-20)18-15(21)13-7-5-4-6-8-13/h4-8,12,17H,9-11H2,1-3H3/p+1. The molecule has 0 spiro atoms. The fourth-order valence-electron chi connectivity index (χ4n) is 2.10.